The number of carbonyl (C=O) groups excluding carboxylic acids is 2. The molecule has 0 saturated heterocycles. The highest BCUT2D eigenvalue weighted by Crippen LogP contribution is 2.17. The third kappa shape index (κ3) is 3.52. The van der Waals surface area contributed by atoms with E-state index < -0.39 is 0 Å². The molecule has 0 aliphatic heterocycles. The summed E-state index contributed by atoms with van der Waals surface area (Å²) >= 11 is 0. The second kappa shape index (κ2) is 7.41. The van der Waals surface area contributed by atoms with E-state index >= 15 is 0 Å². The Morgan fingerprint density at radius 2 is 1.50 bits per heavy atom. The second-order valence-corrected chi connectivity index (χ2v) is 4.68. The fourth-order valence-corrected chi connectivity index (χ4v) is 2.17. The lowest BCUT2D eigenvalue weighted by Crippen LogP contribution is -2.30. The van der Waals surface area contributed by atoms with Gasteiger partial charge in [-0.15, -0.1) is 0 Å². The number of benzene rings is 2. The summed E-state index contributed by atoms with van der Waals surface area (Å²) < 4.78 is 4.93. The molecule has 0 bridgehead atoms. The zero-order chi connectivity index (χ0) is 15.9. The van der Waals surface area contributed by atoms with Crippen molar-refractivity contribution in [1.29, 1.82) is 0 Å². The largest absolute Gasteiger partial charge is 0.462 e. The van der Waals surface area contributed by atoms with Crippen LogP contribution in [0.15, 0.2) is 54.6 Å². The maximum absolute atomic E-state index is 12.6. The number of amides is 1. The molecule has 0 heterocycles. The SMILES string of the molecule is CCOC(=O)c1ccc(C(=O)N(CC)c2ccccc2)cc1. The average Bonchev–Trinajstić information content (AvgIpc) is 2.57. The molecule has 0 fully saturated rings. The minimum Gasteiger partial charge on any atom is -0.462 e. The molecule has 0 saturated carbocycles. The maximum Gasteiger partial charge on any atom is 0.338 e. The van der Waals surface area contributed by atoms with Crippen molar-refractivity contribution in [1.82, 2.24) is 0 Å². The van der Waals surface area contributed by atoms with Crippen LogP contribution in [0.4, 0.5) is 5.69 Å². The summed E-state index contributed by atoms with van der Waals surface area (Å²) in [6.45, 7) is 4.59. The van der Waals surface area contributed by atoms with Gasteiger partial charge in [-0.05, 0) is 50.2 Å². The van der Waals surface area contributed by atoms with Crippen LogP contribution in [0.1, 0.15) is 34.6 Å². The molecule has 0 unspecified atom stereocenters. The molecular formula is C18H19NO3. The van der Waals surface area contributed by atoms with Crippen molar-refractivity contribution in [2.75, 3.05) is 18.1 Å². The molecule has 0 aromatic heterocycles. The molecule has 0 radical (unpaired) electrons. The first-order chi connectivity index (χ1) is 10.7. The monoisotopic (exact) mass is 297 g/mol. The van der Waals surface area contributed by atoms with Crippen molar-refractivity contribution in [2.24, 2.45) is 0 Å². The van der Waals surface area contributed by atoms with Gasteiger partial charge in [-0.2, -0.15) is 0 Å². The van der Waals surface area contributed by atoms with Crippen LogP contribution in [0, 0.1) is 0 Å². The van der Waals surface area contributed by atoms with Crippen molar-refractivity contribution >= 4 is 17.6 Å². The lowest BCUT2D eigenvalue weighted by molar-refractivity contribution is 0.0526. The van der Waals surface area contributed by atoms with Gasteiger partial charge in [0.1, 0.15) is 0 Å². The minimum atomic E-state index is -0.378. The van der Waals surface area contributed by atoms with Crippen molar-refractivity contribution in [3.63, 3.8) is 0 Å². The molecule has 0 aliphatic rings. The fraction of sp³-hybridized carbons (Fsp3) is 0.222. The van der Waals surface area contributed by atoms with Gasteiger partial charge in [0.25, 0.3) is 5.91 Å². The molecule has 2 aromatic carbocycles. The topological polar surface area (TPSA) is 46.6 Å². The summed E-state index contributed by atoms with van der Waals surface area (Å²) in [7, 11) is 0. The second-order valence-electron chi connectivity index (χ2n) is 4.68. The Bertz CT molecular complexity index is 635. The van der Waals surface area contributed by atoms with E-state index in [1.807, 2.05) is 37.3 Å². The number of anilines is 1. The Labute approximate surface area is 130 Å². The first-order valence-corrected chi connectivity index (χ1v) is 7.31. The Morgan fingerprint density at radius 1 is 0.909 bits per heavy atom. The van der Waals surface area contributed by atoms with Gasteiger partial charge in [-0.3, -0.25) is 4.79 Å². The zero-order valence-corrected chi connectivity index (χ0v) is 12.8. The van der Waals surface area contributed by atoms with Crippen LogP contribution in [0.5, 0.6) is 0 Å². The molecule has 2 aromatic rings. The fourth-order valence-electron chi connectivity index (χ4n) is 2.17. The quantitative estimate of drug-likeness (QED) is 0.793. The van der Waals surface area contributed by atoms with Crippen LogP contribution in [0.2, 0.25) is 0 Å². The number of ether oxygens (including phenoxy) is 1. The first-order valence-electron chi connectivity index (χ1n) is 7.31. The number of hydrogen-bond acceptors (Lipinski definition) is 3. The Balaban J connectivity index is 2.20. The predicted molar refractivity (Wildman–Crippen MR) is 86.2 cm³/mol. The normalized spacial score (nSPS) is 10.1. The number of nitrogens with zero attached hydrogens (tertiary/aromatic N) is 1. The van der Waals surface area contributed by atoms with Gasteiger partial charge < -0.3 is 9.64 Å². The highest BCUT2D eigenvalue weighted by molar-refractivity contribution is 6.06. The summed E-state index contributed by atoms with van der Waals surface area (Å²) in [5, 5.41) is 0. The number of hydrogen-bond donors (Lipinski definition) is 0. The van der Waals surface area contributed by atoms with Crippen molar-refractivity contribution < 1.29 is 14.3 Å². The predicted octanol–water partition coefficient (Wildman–Crippen LogP) is 3.53. The molecule has 2 rings (SSSR count). The van der Waals surface area contributed by atoms with E-state index in [9.17, 15) is 9.59 Å². The molecule has 4 nitrogen and oxygen atoms in total. The zero-order valence-electron chi connectivity index (χ0n) is 12.8. The van der Waals surface area contributed by atoms with Gasteiger partial charge in [-0.1, -0.05) is 18.2 Å². The van der Waals surface area contributed by atoms with E-state index in [4.69, 9.17) is 4.74 Å². The van der Waals surface area contributed by atoms with Crippen LogP contribution in [0.3, 0.4) is 0 Å². The minimum absolute atomic E-state index is 0.0934. The summed E-state index contributed by atoms with van der Waals surface area (Å²) in [6, 6.07) is 16.0. The van der Waals surface area contributed by atoms with Crippen molar-refractivity contribution in [2.45, 2.75) is 13.8 Å². The average molecular weight is 297 g/mol. The van der Waals surface area contributed by atoms with Gasteiger partial charge in [-0.25, -0.2) is 4.79 Å². The summed E-state index contributed by atoms with van der Waals surface area (Å²) in [5.74, 6) is -0.471. The summed E-state index contributed by atoms with van der Waals surface area (Å²) in [6.07, 6.45) is 0. The van der Waals surface area contributed by atoms with Gasteiger partial charge in [0, 0.05) is 17.8 Å². The van der Waals surface area contributed by atoms with Gasteiger partial charge >= 0.3 is 5.97 Å². The number of carbonyl (C=O) groups is 2. The molecule has 0 atom stereocenters. The third-order valence-corrected chi connectivity index (χ3v) is 3.27. The lowest BCUT2D eigenvalue weighted by Gasteiger charge is -2.21. The molecule has 22 heavy (non-hydrogen) atoms. The number of esters is 1. The molecule has 0 N–H and O–H groups in total. The van der Waals surface area contributed by atoms with Crippen LogP contribution in [-0.4, -0.2) is 25.0 Å². The number of para-hydroxylation sites is 1. The van der Waals surface area contributed by atoms with E-state index in [0.29, 0.717) is 24.3 Å². The maximum atomic E-state index is 12.6. The van der Waals surface area contributed by atoms with Gasteiger partial charge in [0.2, 0.25) is 0 Å². The van der Waals surface area contributed by atoms with E-state index in [1.165, 1.54) is 0 Å². The molecule has 4 heteroatoms. The smallest absolute Gasteiger partial charge is 0.338 e. The van der Waals surface area contributed by atoms with Gasteiger partial charge in [0.15, 0.2) is 0 Å². The molecule has 114 valence electrons. The van der Waals surface area contributed by atoms with E-state index in [2.05, 4.69) is 0 Å². The summed E-state index contributed by atoms with van der Waals surface area (Å²) in [5.41, 5.74) is 1.84. The lowest BCUT2D eigenvalue weighted by atomic mass is 10.1. The third-order valence-electron chi connectivity index (χ3n) is 3.27. The van der Waals surface area contributed by atoms with E-state index in [1.54, 1.807) is 36.1 Å². The van der Waals surface area contributed by atoms with E-state index in [-0.39, 0.29) is 11.9 Å². The Morgan fingerprint density at radius 3 is 2.05 bits per heavy atom. The summed E-state index contributed by atoms with van der Waals surface area (Å²) in [4.78, 5) is 25.9. The highest BCUT2D eigenvalue weighted by atomic mass is 16.5. The van der Waals surface area contributed by atoms with E-state index in [0.717, 1.165) is 5.69 Å². The van der Waals surface area contributed by atoms with Crippen LogP contribution in [0.25, 0.3) is 0 Å². The highest BCUT2D eigenvalue weighted by Gasteiger charge is 2.16. The molecule has 1 amide bonds. The number of rotatable bonds is 5. The molecule has 0 spiro atoms. The van der Waals surface area contributed by atoms with Crippen LogP contribution >= 0.6 is 0 Å². The van der Waals surface area contributed by atoms with Gasteiger partial charge in [0.05, 0.1) is 12.2 Å². The van der Waals surface area contributed by atoms with Crippen LogP contribution < -0.4 is 4.90 Å². The Kier molecular flexibility index (Phi) is 5.31. The van der Waals surface area contributed by atoms with Crippen LogP contribution in [-0.2, 0) is 4.74 Å². The van der Waals surface area contributed by atoms with Crippen molar-refractivity contribution in [3.05, 3.63) is 65.7 Å². The first kappa shape index (κ1) is 15.8. The Hall–Kier alpha value is -2.62. The molecule has 0 aliphatic carbocycles. The standard InChI is InChI=1S/C18H19NO3/c1-3-19(16-8-6-5-7-9-16)17(20)14-10-12-15(13-11-14)18(21)22-4-2/h5-13H,3-4H2,1-2H3. The van der Waals surface area contributed by atoms with Crippen molar-refractivity contribution in [3.8, 4) is 0 Å². The molecular weight excluding hydrogens is 278 g/mol.